The predicted octanol–water partition coefficient (Wildman–Crippen LogP) is 5.05. The Morgan fingerprint density at radius 1 is 1.15 bits per heavy atom. The van der Waals surface area contributed by atoms with E-state index in [2.05, 4.69) is 60.2 Å². The van der Waals surface area contributed by atoms with E-state index >= 15 is 0 Å². The maximum atomic E-state index is 5.98. The largest absolute Gasteiger partial charge is 0.457 e. The molecule has 0 fully saturated rings. The van der Waals surface area contributed by atoms with Crippen molar-refractivity contribution >= 4 is 15.9 Å². The Bertz CT molecular complexity index is 581. The zero-order valence-corrected chi connectivity index (χ0v) is 13.7. The van der Waals surface area contributed by atoms with Crippen LogP contribution in [-0.2, 0) is 6.54 Å². The molecule has 2 aromatic carbocycles. The van der Waals surface area contributed by atoms with Crippen molar-refractivity contribution in [3.8, 4) is 11.5 Å². The summed E-state index contributed by atoms with van der Waals surface area (Å²) >= 11 is 3.46. The highest BCUT2D eigenvalue weighted by atomic mass is 79.9. The summed E-state index contributed by atoms with van der Waals surface area (Å²) < 4.78 is 7.00. The van der Waals surface area contributed by atoms with E-state index in [0.29, 0.717) is 6.04 Å². The molecule has 2 aromatic rings. The highest BCUT2D eigenvalue weighted by molar-refractivity contribution is 9.10. The lowest BCUT2D eigenvalue weighted by molar-refractivity contribution is 0.477. The third-order valence-electron chi connectivity index (χ3n) is 2.99. The molecular formula is C17H20BrNO. The molecular weight excluding hydrogens is 314 g/mol. The highest BCUT2D eigenvalue weighted by Crippen LogP contribution is 2.27. The molecule has 0 bridgehead atoms. The van der Waals surface area contributed by atoms with Gasteiger partial charge in [-0.3, -0.25) is 0 Å². The molecule has 3 heteroatoms. The van der Waals surface area contributed by atoms with Crippen LogP contribution in [-0.4, -0.2) is 6.04 Å². The van der Waals surface area contributed by atoms with E-state index in [9.17, 15) is 0 Å². The van der Waals surface area contributed by atoms with Crippen molar-refractivity contribution in [2.24, 2.45) is 0 Å². The molecule has 2 nitrogen and oxygen atoms in total. The van der Waals surface area contributed by atoms with E-state index in [1.165, 1.54) is 5.56 Å². The number of aryl methyl sites for hydroxylation is 1. The first-order chi connectivity index (χ1) is 9.54. The van der Waals surface area contributed by atoms with Crippen LogP contribution in [0.5, 0.6) is 11.5 Å². The third-order valence-corrected chi connectivity index (χ3v) is 3.48. The van der Waals surface area contributed by atoms with E-state index in [1.54, 1.807) is 0 Å². The molecule has 0 aliphatic rings. The van der Waals surface area contributed by atoms with Gasteiger partial charge in [-0.15, -0.1) is 0 Å². The summed E-state index contributed by atoms with van der Waals surface area (Å²) in [4.78, 5) is 0. The zero-order chi connectivity index (χ0) is 14.5. The molecule has 0 spiro atoms. The van der Waals surface area contributed by atoms with Crippen LogP contribution >= 0.6 is 15.9 Å². The van der Waals surface area contributed by atoms with E-state index < -0.39 is 0 Å². The Kier molecular flexibility index (Phi) is 5.21. The Hall–Kier alpha value is -1.32. The van der Waals surface area contributed by atoms with Gasteiger partial charge >= 0.3 is 0 Å². The number of hydrogen-bond acceptors (Lipinski definition) is 2. The van der Waals surface area contributed by atoms with Crippen LogP contribution < -0.4 is 10.1 Å². The van der Waals surface area contributed by atoms with Crippen LogP contribution in [0, 0.1) is 6.92 Å². The van der Waals surface area contributed by atoms with Gasteiger partial charge in [0.25, 0.3) is 0 Å². The van der Waals surface area contributed by atoms with Crippen molar-refractivity contribution in [2.45, 2.75) is 33.4 Å². The number of hydrogen-bond donors (Lipinski definition) is 1. The molecule has 0 saturated heterocycles. The molecule has 0 saturated carbocycles. The molecule has 0 aromatic heterocycles. The number of ether oxygens (including phenoxy) is 1. The lowest BCUT2D eigenvalue weighted by atomic mass is 10.1. The molecule has 0 aliphatic heterocycles. The molecule has 0 aliphatic carbocycles. The van der Waals surface area contributed by atoms with Crippen molar-refractivity contribution in [3.63, 3.8) is 0 Å². The molecule has 0 radical (unpaired) electrons. The first-order valence-electron chi connectivity index (χ1n) is 6.81. The maximum Gasteiger partial charge on any atom is 0.130 e. The van der Waals surface area contributed by atoms with Gasteiger partial charge in [-0.25, -0.2) is 0 Å². The summed E-state index contributed by atoms with van der Waals surface area (Å²) in [6, 6.07) is 14.7. The molecule has 0 heterocycles. The number of nitrogens with one attached hydrogen (secondary N) is 1. The minimum atomic E-state index is 0.478. The molecule has 0 amide bonds. The average Bonchev–Trinajstić information content (AvgIpc) is 2.39. The van der Waals surface area contributed by atoms with Gasteiger partial charge in [0.15, 0.2) is 0 Å². The van der Waals surface area contributed by atoms with Crippen LogP contribution in [0.25, 0.3) is 0 Å². The zero-order valence-electron chi connectivity index (χ0n) is 12.1. The fraction of sp³-hybridized carbons (Fsp3) is 0.294. The molecule has 106 valence electrons. The first-order valence-corrected chi connectivity index (χ1v) is 7.60. The van der Waals surface area contributed by atoms with Crippen LogP contribution in [0.15, 0.2) is 46.9 Å². The normalized spacial score (nSPS) is 10.8. The fourth-order valence-electron chi connectivity index (χ4n) is 1.84. The van der Waals surface area contributed by atoms with Crippen LogP contribution in [0.3, 0.4) is 0 Å². The van der Waals surface area contributed by atoms with Crippen LogP contribution in [0.1, 0.15) is 25.0 Å². The number of halogens is 1. The molecule has 0 atom stereocenters. The summed E-state index contributed by atoms with van der Waals surface area (Å²) in [6.07, 6.45) is 0. The summed E-state index contributed by atoms with van der Waals surface area (Å²) in [6.45, 7) is 7.21. The third kappa shape index (κ3) is 4.36. The second-order valence-corrected chi connectivity index (χ2v) is 6.11. The SMILES string of the molecule is Cc1ccc(CNC(C)C)cc1Oc1cccc(Br)c1. The Morgan fingerprint density at radius 2 is 1.95 bits per heavy atom. The Morgan fingerprint density at radius 3 is 2.65 bits per heavy atom. The van der Waals surface area contributed by atoms with Crippen molar-refractivity contribution in [1.29, 1.82) is 0 Å². The van der Waals surface area contributed by atoms with Crippen molar-refractivity contribution < 1.29 is 4.74 Å². The topological polar surface area (TPSA) is 21.3 Å². The lowest BCUT2D eigenvalue weighted by Gasteiger charge is -2.12. The Labute approximate surface area is 129 Å². The van der Waals surface area contributed by atoms with Gasteiger partial charge in [0, 0.05) is 17.1 Å². The predicted molar refractivity (Wildman–Crippen MR) is 87.4 cm³/mol. The fourth-order valence-corrected chi connectivity index (χ4v) is 2.22. The number of rotatable bonds is 5. The van der Waals surface area contributed by atoms with Gasteiger partial charge in [-0.2, -0.15) is 0 Å². The minimum Gasteiger partial charge on any atom is -0.457 e. The maximum absolute atomic E-state index is 5.98. The lowest BCUT2D eigenvalue weighted by Crippen LogP contribution is -2.21. The minimum absolute atomic E-state index is 0.478. The highest BCUT2D eigenvalue weighted by Gasteiger charge is 2.04. The Balaban J connectivity index is 2.16. The summed E-state index contributed by atoms with van der Waals surface area (Å²) in [5.41, 5.74) is 2.37. The van der Waals surface area contributed by atoms with Gasteiger partial charge in [-0.05, 0) is 42.3 Å². The van der Waals surface area contributed by atoms with E-state index in [4.69, 9.17) is 4.74 Å². The van der Waals surface area contributed by atoms with Gasteiger partial charge in [0.05, 0.1) is 0 Å². The smallest absolute Gasteiger partial charge is 0.130 e. The second kappa shape index (κ2) is 6.91. The first kappa shape index (κ1) is 15.1. The van der Waals surface area contributed by atoms with E-state index in [0.717, 1.165) is 28.1 Å². The van der Waals surface area contributed by atoms with Gasteiger partial charge in [-0.1, -0.05) is 48.0 Å². The molecule has 0 unspecified atom stereocenters. The van der Waals surface area contributed by atoms with E-state index in [1.807, 2.05) is 24.3 Å². The van der Waals surface area contributed by atoms with E-state index in [-0.39, 0.29) is 0 Å². The summed E-state index contributed by atoms with van der Waals surface area (Å²) in [7, 11) is 0. The molecule has 20 heavy (non-hydrogen) atoms. The van der Waals surface area contributed by atoms with Crippen molar-refractivity contribution in [2.75, 3.05) is 0 Å². The van der Waals surface area contributed by atoms with Crippen molar-refractivity contribution in [3.05, 3.63) is 58.1 Å². The van der Waals surface area contributed by atoms with Crippen LogP contribution in [0.2, 0.25) is 0 Å². The average molecular weight is 334 g/mol. The monoisotopic (exact) mass is 333 g/mol. The van der Waals surface area contributed by atoms with Gasteiger partial charge in [0.2, 0.25) is 0 Å². The molecule has 2 rings (SSSR count). The number of benzene rings is 2. The van der Waals surface area contributed by atoms with Crippen molar-refractivity contribution in [1.82, 2.24) is 5.32 Å². The summed E-state index contributed by atoms with van der Waals surface area (Å²) in [5, 5.41) is 3.42. The quantitative estimate of drug-likeness (QED) is 0.826. The standard InChI is InChI=1S/C17H20BrNO/c1-12(2)19-11-14-8-7-13(3)17(9-14)20-16-6-4-5-15(18)10-16/h4-10,12,19H,11H2,1-3H3. The second-order valence-electron chi connectivity index (χ2n) is 5.19. The summed E-state index contributed by atoms with van der Waals surface area (Å²) in [5.74, 6) is 1.75. The van der Waals surface area contributed by atoms with Gasteiger partial charge in [0.1, 0.15) is 11.5 Å². The van der Waals surface area contributed by atoms with Crippen LogP contribution in [0.4, 0.5) is 0 Å². The molecule has 1 N–H and O–H groups in total. The van der Waals surface area contributed by atoms with Gasteiger partial charge < -0.3 is 10.1 Å².